The van der Waals surface area contributed by atoms with E-state index in [0.717, 1.165) is 45.5 Å². The largest absolute Gasteiger partial charge is 0.367 e. The highest BCUT2D eigenvalue weighted by molar-refractivity contribution is 5.93. The van der Waals surface area contributed by atoms with Crippen LogP contribution in [0.25, 0.3) is 28.3 Å². The molecule has 0 saturated heterocycles. The number of anilines is 1. The van der Waals surface area contributed by atoms with Crippen LogP contribution >= 0.6 is 0 Å². The highest BCUT2D eigenvalue weighted by Gasteiger charge is 2.17. The lowest BCUT2D eigenvalue weighted by Gasteiger charge is -2.18. The first-order valence-corrected chi connectivity index (χ1v) is 10.4. The van der Waals surface area contributed by atoms with Gasteiger partial charge in [0, 0.05) is 35.8 Å². The van der Waals surface area contributed by atoms with Crippen molar-refractivity contribution in [3.63, 3.8) is 0 Å². The Hall–Kier alpha value is -4.53. The van der Waals surface area contributed by atoms with Gasteiger partial charge in [0.25, 0.3) is 0 Å². The molecule has 9 heteroatoms. The van der Waals surface area contributed by atoms with Crippen molar-refractivity contribution in [1.82, 2.24) is 29.5 Å². The lowest BCUT2D eigenvalue weighted by molar-refractivity contribution is 0.100. The molecule has 5 aromatic rings. The van der Waals surface area contributed by atoms with Gasteiger partial charge in [0.1, 0.15) is 12.2 Å². The number of hydrogen-bond donors (Lipinski definition) is 2. The van der Waals surface area contributed by atoms with E-state index in [1.807, 2.05) is 67.5 Å². The Bertz CT molecular complexity index is 1470. The van der Waals surface area contributed by atoms with Crippen molar-refractivity contribution in [2.75, 3.05) is 11.9 Å². The first-order valence-electron chi connectivity index (χ1n) is 10.4. The van der Waals surface area contributed by atoms with Gasteiger partial charge >= 0.3 is 0 Å². The predicted octanol–water partition coefficient (Wildman–Crippen LogP) is 3.23. The fraction of sp³-hybridized carbons (Fsp3) is 0.125. The minimum absolute atomic E-state index is 0.457. The summed E-state index contributed by atoms with van der Waals surface area (Å²) in [4.78, 5) is 30.8. The van der Waals surface area contributed by atoms with Gasteiger partial charge in [0.05, 0.1) is 23.6 Å². The van der Waals surface area contributed by atoms with Crippen LogP contribution in [0.1, 0.15) is 21.9 Å². The number of nitrogens with zero attached hydrogens (tertiary/aromatic N) is 6. The van der Waals surface area contributed by atoms with E-state index in [2.05, 4.69) is 15.1 Å². The highest BCUT2D eigenvalue weighted by atomic mass is 16.1. The van der Waals surface area contributed by atoms with Gasteiger partial charge in [0.15, 0.2) is 5.65 Å². The standard InChI is InChI=1S/C24H22N8O/c1-15-5-3-8-19(28-15)23-22(17-9-10-21-26-14-27-32(21)12-17)29-20(30-23)13-31(2)18-7-4-6-16(11-18)24(25)33/h3-12,14H,13H2,1-2H3,(H2,25,33)(H,29,30). The topological polar surface area (TPSA) is 118 Å². The molecule has 5 rings (SSSR count). The minimum atomic E-state index is -0.457. The van der Waals surface area contributed by atoms with Gasteiger partial charge in [-0.2, -0.15) is 5.10 Å². The summed E-state index contributed by atoms with van der Waals surface area (Å²) in [6, 6.07) is 17.0. The molecule has 0 atom stereocenters. The average Bonchev–Trinajstić information content (AvgIpc) is 3.45. The summed E-state index contributed by atoms with van der Waals surface area (Å²) in [6.45, 7) is 2.45. The minimum Gasteiger partial charge on any atom is -0.367 e. The van der Waals surface area contributed by atoms with Crippen LogP contribution in [0.4, 0.5) is 5.69 Å². The average molecular weight is 438 g/mol. The number of benzene rings is 1. The third-order valence-corrected chi connectivity index (χ3v) is 5.40. The third kappa shape index (κ3) is 4.03. The lowest BCUT2D eigenvalue weighted by Crippen LogP contribution is -2.18. The predicted molar refractivity (Wildman–Crippen MR) is 126 cm³/mol. The van der Waals surface area contributed by atoms with Crippen LogP contribution in [-0.4, -0.2) is 42.5 Å². The van der Waals surface area contributed by atoms with Crippen molar-refractivity contribution in [3.05, 3.63) is 84.2 Å². The number of carbonyl (C=O) groups is 1. The van der Waals surface area contributed by atoms with Gasteiger partial charge < -0.3 is 15.6 Å². The molecule has 1 amide bonds. The molecule has 0 aliphatic rings. The summed E-state index contributed by atoms with van der Waals surface area (Å²) in [5.74, 6) is 0.302. The maximum absolute atomic E-state index is 11.6. The number of imidazole rings is 1. The van der Waals surface area contributed by atoms with Crippen LogP contribution in [0.3, 0.4) is 0 Å². The molecule has 4 heterocycles. The molecule has 33 heavy (non-hydrogen) atoms. The molecule has 1 aromatic carbocycles. The number of H-pyrrole nitrogens is 1. The maximum atomic E-state index is 11.6. The number of amides is 1. The van der Waals surface area contributed by atoms with E-state index in [0.29, 0.717) is 12.1 Å². The molecule has 3 N–H and O–H groups in total. The monoisotopic (exact) mass is 438 g/mol. The first-order chi connectivity index (χ1) is 16.0. The number of aromatic nitrogens is 6. The Morgan fingerprint density at radius 3 is 2.79 bits per heavy atom. The molecule has 0 fully saturated rings. The maximum Gasteiger partial charge on any atom is 0.248 e. The Balaban J connectivity index is 1.55. The molecule has 0 bridgehead atoms. The molecule has 0 saturated carbocycles. The number of primary amides is 1. The summed E-state index contributed by atoms with van der Waals surface area (Å²) in [7, 11) is 1.94. The van der Waals surface area contributed by atoms with E-state index in [4.69, 9.17) is 15.7 Å². The third-order valence-electron chi connectivity index (χ3n) is 5.40. The first kappa shape index (κ1) is 20.4. The number of rotatable bonds is 6. The normalized spacial score (nSPS) is 11.1. The number of hydrogen-bond acceptors (Lipinski definition) is 6. The van der Waals surface area contributed by atoms with E-state index in [9.17, 15) is 4.79 Å². The number of aromatic amines is 1. The zero-order chi connectivity index (χ0) is 22.9. The zero-order valence-electron chi connectivity index (χ0n) is 18.2. The van der Waals surface area contributed by atoms with Crippen LogP contribution in [-0.2, 0) is 6.54 Å². The molecule has 0 aliphatic carbocycles. The van der Waals surface area contributed by atoms with Crippen LogP contribution in [0.15, 0.2) is 67.1 Å². The van der Waals surface area contributed by atoms with Crippen LogP contribution in [0.5, 0.6) is 0 Å². The molecular formula is C24H22N8O. The molecule has 0 radical (unpaired) electrons. The number of pyridine rings is 2. The molecule has 0 aliphatic heterocycles. The molecule has 164 valence electrons. The fourth-order valence-corrected chi connectivity index (χ4v) is 3.74. The molecule has 9 nitrogen and oxygen atoms in total. The quantitative estimate of drug-likeness (QED) is 0.420. The van der Waals surface area contributed by atoms with E-state index >= 15 is 0 Å². The second-order valence-corrected chi connectivity index (χ2v) is 7.82. The Morgan fingerprint density at radius 1 is 1.12 bits per heavy atom. The fourth-order valence-electron chi connectivity index (χ4n) is 3.74. The van der Waals surface area contributed by atoms with Gasteiger partial charge in [-0.1, -0.05) is 12.1 Å². The van der Waals surface area contributed by atoms with Gasteiger partial charge in [-0.3, -0.25) is 9.78 Å². The summed E-state index contributed by atoms with van der Waals surface area (Å²) >= 11 is 0. The van der Waals surface area contributed by atoms with Crippen molar-refractivity contribution >= 4 is 17.2 Å². The number of fused-ring (bicyclic) bond motifs is 1. The SMILES string of the molecule is Cc1cccc(-c2[nH]c(CN(C)c3cccc(C(N)=O)c3)nc2-c2ccc3ncnn3c2)n1. The second-order valence-electron chi connectivity index (χ2n) is 7.82. The summed E-state index contributed by atoms with van der Waals surface area (Å²) in [5.41, 5.74) is 11.8. The number of aryl methyl sites for hydroxylation is 1. The van der Waals surface area contributed by atoms with Crippen molar-refractivity contribution < 1.29 is 4.79 Å². The van der Waals surface area contributed by atoms with E-state index in [1.54, 1.807) is 16.6 Å². The molecular weight excluding hydrogens is 416 g/mol. The van der Waals surface area contributed by atoms with Gasteiger partial charge in [-0.15, -0.1) is 0 Å². The van der Waals surface area contributed by atoms with Crippen molar-refractivity contribution in [3.8, 4) is 22.6 Å². The van der Waals surface area contributed by atoms with Crippen LogP contribution in [0.2, 0.25) is 0 Å². The lowest BCUT2D eigenvalue weighted by atomic mass is 10.1. The van der Waals surface area contributed by atoms with E-state index < -0.39 is 5.91 Å². The summed E-state index contributed by atoms with van der Waals surface area (Å²) in [5, 5.41) is 4.24. The van der Waals surface area contributed by atoms with Crippen molar-refractivity contribution in [1.29, 1.82) is 0 Å². The van der Waals surface area contributed by atoms with Gasteiger partial charge in [-0.25, -0.2) is 14.5 Å². The summed E-state index contributed by atoms with van der Waals surface area (Å²) in [6.07, 6.45) is 3.43. The van der Waals surface area contributed by atoms with Gasteiger partial charge in [-0.05, 0) is 49.4 Å². The van der Waals surface area contributed by atoms with E-state index in [1.165, 1.54) is 6.33 Å². The molecule has 0 unspecified atom stereocenters. The van der Waals surface area contributed by atoms with Crippen molar-refractivity contribution in [2.24, 2.45) is 5.73 Å². The van der Waals surface area contributed by atoms with Crippen LogP contribution in [0, 0.1) is 6.92 Å². The van der Waals surface area contributed by atoms with Crippen LogP contribution < -0.4 is 10.6 Å². The Labute approximate surface area is 189 Å². The highest BCUT2D eigenvalue weighted by Crippen LogP contribution is 2.30. The molecule has 4 aromatic heterocycles. The number of carbonyl (C=O) groups excluding carboxylic acids is 1. The second kappa shape index (κ2) is 8.19. The van der Waals surface area contributed by atoms with E-state index in [-0.39, 0.29) is 0 Å². The number of nitrogens with two attached hydrogens (primary N) is 1. The summed E-state index contributed by atoms with van der Waals surface area (Å²) < 4.78 is 1.72. The van der Waals surface area contributed by atoms with Gasteiger partial charge in [0.2, 0.25) is 5.91 Å². The Kier molecular flexibility index (Phi) is 5.06. The smallest absolute Gasteiger partial charge is 0.248 e. The molecule has 0 spiro atoms. The zero-order valence-corrected chi connectivity index (χ0v) is 18.2. The van der Waals surface area contributed by atoms with Crippen molar-refractivity contribution in [2.45, 2.75) is 13.5 Å². The number of nitrogens with one attached hydrogen (secondary N) is 1. The Morgan fingerprint density at radius 2 is 1.97 bits per heavy atom.